The smallest absolute Gasteiger partial charge is 0.466 e. The molecule has 0 atom stereocenters. The molecule has 0 aromatic heterocycles. The second kappa shape index (κ2) is 7.72. The van der Waals surface area contributed by atoms with Crippen LogP contribution in [0.2, 0.25) is 0 Å². The van der Waals surface area contributed by atoms with Crippen molar-refractivity contribution in [2.24, 2.45) is 11.3 Å². The number of carbonyl (C=O) groups excluding carboxylic acids is 2. The Morgan fingerprint density at radius 3 is 2.21 bits per heavy atom. The number of halogens is 3. The standard InChI is InChI=1S/C16H24F3NO4/c1-2-23-13(21)15(12-6-4-3-5-7-12)8-10-20(11-9-15)24-14(22)16(17,18)19/h12H,2-11H2,1H3. The monoisotopic (exact) mass is 351 g/mol. The molecule has 24 heavy (non-hydrogen) atoms. The number of hydrogen-bond donors (Lipinski definition) is 0. The highest BCUT2D eigenvalue weighted by molar-refractivity contribution is 5.77. The molecular formula is C16H24F3NO4. The number of hydroxylamine groups is 2. The van der Waals surface area contributed by atoms with Crippen LogP contribution in [0.5, 0.6) is 0 Å². The summed E-state index contributed by atoms with van der Waals surface area (Å²) in [6.45, 7) is 2.24. The lowest BCUT2D eigenvalue weighted by molar-refractivity contribution is -0.246. The first-order chi connectivity index (χ1) is 11.3. The summed E-state index contributed by atoms with van der Waals surface area (Å²) in [7, 11) is 0. The summed E-state index contributed by atoms with van der Waals surface area (Å²) in [6.07, 6.45) is 0.798. The quantitative estimate of drug-likeness (QED) is 0.728. The van der Waals surface area contributed by atoms with E-state index in [1.165, 1.54) is 0 Å². The number of ether oxygens (including phenoxy) is 1. The minimum atomic E-state index is -5.01. The maximum absolute atomic E-state index is 12.6. The van der Waals surface area contributed by atoms with Crippen LogP contribution in [0.4, 0.5) is 13.2 Å². The van der Waals surface area contributed by atoms with Crippen LogP contribution in [0, 0.1) is 11.3 Å². The van der Waals surface area contributed by atoms with Crippen LogP contribution in [0.15, 0.2) is 0 Å². The molecular weight excluding hydrogens is 327 g/mol. The minimum absolute atomic E-state index is 0.108. The zero-order chi connectivity index (χ0) is 17.8. The number of carbonyl (C=O) groups is 2. The lowest BCUT2D eigenvalue weighted by Gasteiger charge is -2.45. The highest BCUT2D eigenvalue weighted by Crippen LogP contribution is 2.46. The minimum Gasteiger partial charge on any atom is -0.466 e. The first-order valence-electron chi connectivity index (χ1n) is 8.51. The van der Waals surface area contributed by atoms with E-state index < -0.39 is 17.6 Å². The van der Waals surface area contributed by atoms with Gasteiger partial charge in [-0.05, 0) is 38.5 Å². The summed E-state index contributed by atoms with van der Waals surface area (Å²) in [6, 6.07) is 0. The van der Waals surface area contributed by atoms with E-state index in [0.717, 1.165) is 37.2 Å². The molecule has 8 heteroatoms. The molecule has 0 spiro atoms. The molecule has 0 aromatic rings. The Morgan fingerprint density at radius 2 is 1.71 bits per heavy atom. The Bertz CT molecular complexity index is 453. The molecule has 5 nitrogen and oxygen atoms in total. The Hall–Kier alpha value is -1.31. The normalized spacial score (nSPS) is 22.8. The van der Waals surface area contributed by atoms with Gasteiger partial charge in [0.05, 0.1) is 12.0 Å². The lowest BCUT2D eigenvalue weighted by atomic mass is 9.64. The van der Waals surface area contributed by atoms with Crippen LogP contribution in [0.1, 0.15) is 51.9 Å². The van der Waals surface area contributed by atoms with E-state index in [1.807, 2.05) is 0 Å². The molecule has 0 N–H and O–H groups in total. The van der Waals surface area contributed by atoms with Gasteiger partial charge in [0.2, 0.25) is 0 Å². The molecule has 1 saturated heterocycles. The number of piperidine rings is 1. The molecule has 2 aliphatic rings. The van der Waals surface area contributed by atoms with Crippen molar-refractivity contribution >= 4 is 11.9 Å². The molecule has 0 bridgehead atoms. The number of alkyl halides is 3. The van der Waals surface area contributed by atoms with E-state index in [-0.39, 0.29) is 31.6 Å². The Morgan fingerprint density at radius 1 is 1.12 bits per heavy atom. The van der Waals surface area contributed by atoms with Crippen molar-refractivity contribution in [2.45, 2.75) is 58.0 Å². The molecule has 138 valence electrons. The second-order valence-electron chi connectivity index (χ2n) is 6.52. The zero-order valence-electron chi connectivity index (χ0n) is 13.9. The largest absolute Gasteiger partial charge is 0.492 e. The number of rotatable bonds is 4. The maximum atomic E-state index is 12.6. The Balaban J connectivity index is 2.04. The van der Waals surface area contributed by atoms with Gasteiger partial charge in [0.25, 0.3) is 0 Å². The van der Waals surface area contributed by atoms with Crippen molar-refractivity contribution in [3.8, 4) is 0 Å². The molecule has 1 aliphatic carbocycles. The topological polar surface area (TPSA) is 55.8 Å². The van der Waals surface area contributed by atoms with Crippen molar-refractivity contribution in [2.75, 3.05) is 19.7 Å². The number of hydrogen-bond acceptors (Lipinski definition) is 5. The molecule has 0 amide bonds. The first kappa shape index (κ1) is 19.0. The van der Waals surface area contributed by atoms with E-state index >= 15 is 0 Å². The average molecular weight is 351 g/mol. The lowest BCUT2D eigenvalue weighted by Crippen LogP contribution is -2.50. The van der Waals surface area contributed by atoms with Gasteiger partial charge >= 0.3 is 18.1 Å². The van der Waals surface area contributed by atoms with Gasteiger partial charge in [-0.2, -0.15) is 13.2 Å². The molecule has 2 fully saturated rings. The first-order valence-corrected chi connectivity index (χ1v) is 8.51. The van der Waals surface area contributed by atoms with Gasteiger partial charge < -0.3 is 9.57 Å². The summed E-state index contributed by atoms with van der Waals surface area (Å²) in [5.41, 5.74) is -0.669. The zero-order valence-corrected chi connectivity index (χ0v) is 13.9. The summed E-state index contributed by atoms with van der Waals surface area (Å²) in [5.74, 6) is -2.30. The van der Waals surface area contributed by atoms with Crippen molar-refractivity contribution in [1.29, 1.82) is 0 Å². The van der Waals surface area contributed by atoms with E-state index in [1.54, 1.807) is 6.92 Å². The van der Waals surface area contributed by atoms with Gasteiger partial charge in [0, 0.05) is 13.1 Å². The van der Waals surface area contributed by atoms with Crippen LogP contribution >= 0.6 is 0 Å². The molecule has 0 unspecified atom stereocenters. The van der Waals surface area contributed by atoms with E-state index in [0.29, 0.717) is 12.8 Å². The third-order valence-corrected chi connectivity index (χ3v) is 5.13. The number of esters is 1. The van der Waals surface area contributed by atoms with E-state index in [9.17, 15) is 22.8 Å². The number of nitrogens with zero attached hydrogens (tertiary/aromatic N) is 1. The summed E-state index contributed by atoms with van der Waals surface area (Å²) in [4.78, 5) is 27.9. The second-order valence-corrected chi connectivity index (χ2v) is 6.52. The fraction of sp³-hybridized carbons (Fsp3) is 0.875. The van der Waals surface area contributed by atoms with Gasteiger partial charge in [-0.25, -0.2) is 4.79 Å². The van der Waals surface area contributed by atoms with Crippen molar-refractivity contribution in [3.63, 3.8) is 0 Å². The van der Waals surface area contributed by atoms with Crippen LogP contribution in [-0.2, 0) is 19.2 Å². The third-order valence-electron chi connectivity index (χ3n) is 5.13. The molecule has 1 aliphatic heterocycles. The van der Waals surface area contributed by atoms with Gasteiger partial charge in [-0.15, -0.1) is 5.06 Å². The molecule has 0 radical (unpaired) electrons. The predicted octanol–water partition coefficient (Wildman–Crippen LogP) is 3.23. The summed E-state index contributed by atoms with van der Waals surface area (Å²) < 4.78 is 42.2. The third kappa shape index (κ3) is 4.20. The molecule has 1 heterocycles. The average Bonchev–Trinajstić information content (AvgIpc) is 2.56. The van der Waals surface area contributed by atoms with Gasteiger partial charge in [0.1, 0.15) is 0 Å². The van der Waals surface area contributed by atoms with Crippen molar-refractivity contribution in [1.82, 2.24) is 5.06 Å². The van der Waals surface area contributed by atoms with Gasteiger partial charge in [-0.1, -0.05) is 19.3 Å². The van der Waals surface area contributed by atoms with Crippen molar-refractivity contribution < 1.29 is 32.3 Å². The van der Waals surface area contributed by atoms with Crippen molar-refractivity contribution in [3.05, 3.63) is 0 Å². The van der Waals surface area contributed by atoms with E-state index in [4.69, 9.17) is 4.74 Å². The Kier molecular flexibility index (Phi) is 6.11. The molecule has 0 aromatic carbocycles. The Labute approximate surface area is 139 Å². The van der Waals surface area contributed by atoms with E-state index in [2.05, 4.69) is 4.84 Å². The predicted molar refractivity (Wildman–Crippen MR) is 78.6 cm³/mol. The highest BCUT2D eigenvalue weighted by atomic mass is 19.4. The SMILES string of the molecule is CCOC(=O)C1(C2CCCCC2)CCN(OC(=O)C(F)(F)F)CC1. The summed E-state index contributed by atoms with van der Waals surface area (Å²) >= 11 is 0. The highest BCUT2D eigenvalue weighted by Gasteiger charge is 2.50. The van der Waals surface area contributed by atoms with Gasteiger partial charge in [-0.3, -0.25) is 4.79 Å². The molecule has 1 saturated carbocycles. The van der Waals surface area contributed by atoms with Crippen LogP contribution in [-0.4, -0.2) is 42.9 Å². The van der Waals surface area contributed by atoms with Gasteiger partial charge in [0.15, 0.2) is 0 Å². The van der Waals surface area contributed by atoms with Crippen LogP contribution < -0.4 is 0 Å². The van der Waals surface area contributed by atoms with Crippen LogP contribution in [0.3, 0.4) is 0 Å². The maximum Gasteiger partial charge on any atom is 0.492 e. The fourth-order valence-electron chi connectivity index (χ4n) is 3.85. The summed E-state index contributed by atoms with van der Waals surface area (Å²) in [5, 5.41) is 1.01. The van der Waals surface area contributed by atoms with Crippen LogP contribution in [0.25, 0.3) is 0 Å². The fourth-order valence-corrected chi connectivity index (χ4v) is 3.85. The molecule has 2 rings (SSSR count).